The number of hydrogen-bond donors (Lipinski definition) is 0. The Balaban J connectivity index is 0.000000313. The minimum atomic E-state index is 0. The molecule has 0 aliphatic heterocycles. The largest absolute Gasteiger partial charge is 0.0776 e. The molecule has 5 spiro atoms. The van der Waals surface area contributed by atoms with E-state index in [2.05, 4.69) is 138 Å². The maximum absolute atomic E-state index is 2.44. The van der Waals surface area contributed by atoms with E-state index in [1.54, 1.807) is 0 Å². The summed E-state index contributed by atoms with van der Waals surface area (Å²) < 4.78 is 0. The summed E-state index contributed by atoms with van der Waals surface area (Å²) in [7, 11) is 0. The Bertz CT molecular complexity index is 1410. The van der Waals surface area contributed by atoms with Crippen LogP contribution >= 0.6 is 0 Å². The van der Waals surface area contributed by atoms with Crippen molar-refractivity contribution in [2.24, 2.45) is 113 Å². The summed E-state index contributed by atoms with van der Waals surface area (Å²) in [6, 6.07) is 0. The first-order valence-electron chi connectivity index (χ1n) is 32.5. The SMILES string of the molecule is C.C.C.C.CC(C)C1(C(C)C)CC2(CCC2)C1.CC(C)C1(C(C)C)CC2(CCC2)C1.CC(C)C1(C(C)C)CC2(CCCC2)C1.CC(C)C1(C(C)C)CC2(CCCCC2)C1.CC(C)C1(C(C)C)CC2(CCCCC2)C1. The number of rotatable bonds is 10. The van der Waals surface area contributed by atoms with E-state index in [4.69, 9.17) is 0 Å². The van der Waals surface area contributed by atoms with Crippen molar-refractivity contribution in [3.05, 3.63) is 0 Å². The van der Waals surface area contributed by atoms with Crippen molar-refractivity contribution in [1.29, 1.82) is 0 Å². The smallest absolute Gasteiger partial charge is 0.0241 e. The van der Waals surface area contributed by atoms with Gasteiger partial charge in [-0.15, -0.1) is 0 Å². The molecule has 0 nitrogen and oxygen atoms in total. The highest BCUT2D eigenvalue weighted by Gasteiger charge is 2.62. The minimum Gasteiger partial charge on any atom is -0.0776 e. The third-order valence-corrected chi connectivity index (χ3v) is 26.9. The van der Waals surface area contributed by atoms with Gasteiger partial charge >= 0.3 is 0 Å². The van der Waals surface area contributed by atoms with Gasteiger partial charge in [-0.1, -0.05) is 232 Å². The van der Waals surface area contributed by atoms with Crippen molar-refractivity contribution in [1.82, 2.24) is 0 Å². The molecule has 0 aromatic rings. The van der Waals surface area contributed by atoms with Gasteiger partial charge in [-0.3, -0.25) is 0 Å². The molecule has 0 N–H and O–H groups in total. The average molecular weight is 1040 g/mol. The average Bonchev–Trinajstić information content (AvgIpc) is 3.67. The Kier molecular flexibility index (Phi) is 24.9. The molecule has 0 amide bonds. The maximum Gasteiger partial charge on any atom is -0.0241 e. The first-order chi connectivity index (χ1) is 32.5. The van der Waals surface area contributed by atoms with Crippen LogP contribution in [0.4, 0.5) is 0 Å². The van der Waals surface area contributed by atoms with E-state index in [-0.39, 0.29) is 29.7 Å². The zero-order valence-electron chi connectivity index (χ0n) is 52.0. The summed E-state index contributed by atoms with van der Waals surface area (Å²) in [6.45, 7) is 48.6. The van der Waals surface area contributed by atoms with Crippen molar-refractivity contribution in [3.8, 4) is 0 Å². The van der Waals surface area contributed by atoms with Crippen LogP contribution < -0.4 is 0 Å². The second kappa shape index (κ2) is 26.3. The molecule has 10 saturated carbocycles. The van der Waals surface area contributed by atoms with Crippen molar-refractivity contribution in [2.45, 2.75) is 361 Å². The van der Waals surface area contributed by atoms with Gasteiger partial charge in [0.25, 0.3) is 0 Å². The Labute approximate surface area is 471 Å². The van der Waals surface area contributed by atoms with Crippen LogP contribution in [0.2, 0.25) is 0 Å². The fraction of sp³-hybridized carbons (Fsp3) is 1.00. The molecule has 0 atom stereocenters. The van der Waals surface area contributed by atoms with Gasteiger partial charge in [0.1, 0.15) is 0 Å². The molecule has 0 aromatic carbocycles. The second-order valence-corrected chi connectivity index (χ2v) is 33.0. The Morgan fingerprint density at radius 1 is 0.162 bits per heavy atom. The molecule has 10 aliphatic rings. The van der Waals surface area contributed by atoms with Crippen molar-refractivity contribution < 1.29 is 0 Å². The zero-order valence-corrected chi connectivity index (χ0v) is 52.0. The van der Waals surface area contributed by atoms with Crippen molar-refractivity contribution in [2.75, 3.05) is 0 Å². The highest BCUT2D eigenvalue weighted by molar-refractivity contribution is 5.12. The quantitative estimate of drug-likeness (QED) is 0.205. The summed E-state index contributed by atoms with van der Waals surface area (Å²) in [6.07, 6.45) is 45.8. The van der Waals surface area contributed by atoms with Crippen LogP contribution in [-0.4, -0.2) is 0 Å². The van der Waals surface area contributed by atoms with Crippen LogP contribution in [0.15, 0.2) is 0 Å². The third-order valence-electron chi connectivity index (χ3n) is 26.9. The molecular formula is C74H146. The monoisotopic (exact) mass is 1040 g/mol. The fourth-order valence-electron chi connectivity index (χ4n) is 21.0. The van der Waals surface area contributed by atoms with Crippen LogP contribution in [0, 0.1) is 113 Å². The summed E-state index contributed by atoms with van der Waals surface area (Å²) in [5.74, 6) is 8.84. The topological polar surface area (TPSA) is 0 Å². The van der Waals surface area contributed by atoms with Crippen LogP contribution in [-0.2, 0) is 0 Å². The van der Waals surface area contributed by atoms with Gasteiger partial charge in [0.2, 0.25) is 0 Å². The van der Waals surface area contributed by atoms with Gasteiger partial charge in [0, 0.05) is 0 Å². The highest BCUT2D eigenvalue weighted by Crippen LogP contribution is 2.72. The molecule has 0 aromatic heterocycles. The molecule has 10 aliphatic carbocycles. The summed E-state index contributed by atoms with van der Waals surface area (Å²) in [4.78, 5) is 0. The molecule has 0 bridgehead atoms. The van der Waals surface area contributed by atoms with Crippen molar-refractivity contribution in [3.63, 3.8) is 0 Å². The summed E-state index contributed by atoms with van der Waals surface area (Å²) in [5, 5.41) is 0. The Morgan fingerprint density at radius 3 is 0.365 bits per heavy atom. The maximum atomic E-state index is 2.44. The van der Waals surface area contributed by atoms with Gasteiger partial charge < -0.3 is 0 Å². The van der Waals surface area contributed by atoms with Crippen LogP contribution in [0.3, 0.4) is 0 Å². The lowest BCUT2D eigenvalue weighted by Gasteiger charge is -2.65. The summed E-state index contributed by atoms with van der Waals surface area (Å²) >= 11 is 0. The molecule has 0 radical (unpaired) electrons. The standard InChI is InChI=1S/2C15H28.C14H26.2C13H24.4CH4/c2*1-12(2)15(13(3)4)10-14(11-15)8-6-5-7-9-14;1-11(2)14(12(3)4)9-13(10-14)7-5-6-8-13;2*1-10(2)13(11(3)4)8-12(9-13)6-5-7-12;;;;/h2*12-13H,5-11H2,1-4H3;11-12H,5-10H2,1-4H3;2*10-11H,5-9H2,1-4H3;4*1H4. The zero-order chi connectivity index (χ0) is 52.0. The predicted octanol–water partition coefficient (Wildman–Crippen LogP) is 25.7. The van der Waals surface area contributed by atoms with Gasteiger partial charge in [-0.25, -0.2) is 0 Å². The number of hydrogen-bond acceptors (Lipinski definition) is 0. The second-order valence-electron chi connectivity index (χ2n) is 33.0. The van der Waals surface area contributed by atoms with E-state index in [9.17, 15) is 0 Å². The molecule has 0 unspecified atom stereocenters. The third kappa shape index (κ3) is 13.3. The molecule has 0 heteroatoms. The van der Waals surface area contributed by atoms with Gasteiger partial charge in [-0.05, 0) is 242 Å². The first-order valence-corrected chi connectivity index (χ1v) is 32.5. The van der Waals surface area contributed by atoms with Crippen LogP contribution in [0.5, 0.6) is 0 Å². The molecular weight excluding hydrogens is 889 g/mol. The van der Waals surface area contributed by atoms with E-state index in [0.717, 1.165) is 86.3 Å². The lowest BCUT2D eigenvalue weighted by Crippen LogP contribution is -2.55. The van der Waals surface area contributed by atoms with E-state index < -0.39 is 0 Å². The first kappa shape index (κ1) is 70.1. The van der Waals surface area contributed by atoms with E-state index in [1.165, 1.54) is 193 Å². The molecule has 442 valence electrons. The van der Waals surface area contributed by atoms with Crippen LogP contribution in [0.25, 0.3) is 0 Å². The molecule has 10 fully saturated rings. The van der Waals surface area contributed by atoms with E-state index >= 15 is 0 Å². The van der Waals surface area contributed by atoms with E-state index in [0.29, 0.717) is 27.1 Å². The van der Waals surface area contributed by atoms with Gasteiger partial charge in [0.15, 0.2) is 0 Å². The Morgan fingerprint density at radius 2 is 0.270 bits per heavy atom. The molecule has 0 heterocycles. The molecule has 74 heavy (non-hydrogen) atoms. The van der Waals surface area contributed by atoms with Gasteiger partial charge in [0.05, 0.1) is 0 Å². The fourth-order valence-corrected chi connectivity index (χ4v) is 21.0. The van der Waals surface area contributed by atoms with E-state index in [1.807, 2.05) is 0 Å². The normalized spacial score (nSPS) is 27.2. The molecule has 0 saturated heterocycles. The van der Waals surface area contributed by atoms with Crippen molar-refractivity contribution >= 4 is 0 Å². The van der Waals surface area contributed by atoms with Crippen LogP contribution in [0.1, 0.15) is 361 Å². The lowest BCUT2D eigenvalue weighted by molar-refractivity contribution is -0.148. The predicted molar refractivity (Wildman–Crippen MR) is 338 cm³/mol. The minimum absolute atomic E-state index is 0. The highest BCUT2D eigenvalue weighted by atomic mass is 14.7. The molecule has 10 rings (SSSR count). The Hall–Kier alpha value is 0. The lowest BCUT2D eigenvalue weighted by atomic mass is 9.40. The summed E-state index contributed by atoms with van der Waals surface area (Å²) in [5.41, 5.74) is 7.59. The van der Waals surface area contributed by atoms with Gasteiger partial charge in [-0.2, -0.15) is 0 Å².